The van der Waals surface area contributed by atoms with Crippen molar-refractivity contribution in [2.24, 2.45) is 23.7 Å². The van der Waals surface area contributed by atoms with Crippen molar-refractivity contribution in [3.8, 4) is 22.3 Å². The summed E-state index contributed by atoms with van der Waals surface area (Å²) in [6, 6.07) is 43.8. The van der Waals surface area contributed by atoms with Crippen LogP contribution in [0.15, 0.2) is 109 Å². The van der Waals surface area contributed by atoms with Gasteiger partial charge in [0.05, 0.1) is 0 Å². The Balaban J connectivity index is 0.936. The molecule has 0 radical (unpaired) electrons. The van der Waals surface area contributed by atoms with E-state index in [1.54, 1.807) is 5.56 Å². The van der Waals surface area contributed by atoms with Gasteiger partial charge in [0.1, 0.15) is 0 Å². The first-order valence-electron chi connectivity index (χ1n) is 22.9. The molecule has 12 rings (SSSR count). The van der Waals surface area contributed by atoms with Crippen molar-refractivity contribution < 1.29 is 0 Å². The van der Waals surface area contributed by atoms with Crippen molar-refractivity contribution in [3.63, 3.8) is 0 Å². The Hall–Kier alpha value is -4.10. The Kier molecular flexibility index (Phi) is 8.82. The third-order valence-corrected chi connectivity index (χ3v) is 16.2. The minimum Gasteiger partial charge on any atom is -0.310 e. The zero-order chi connectivity index (χ0) is 37.4. The molecule has 7 aliphatic carbocycles. The van der Waals surface area contributed by atoms with Gasteiger partial charge in [-0.3, -0.25) is 0 Å². The van der Waals surface area contributed by atoms with Crippen LogP contribution in [-0.4, -0.2) is 0 Å². The van der Waals surface area contributed by atoms with Gasteiger partial charge in [0, 0.05) is 22.5 Å². The van der Waals surface area contributed by atoms with Crippen LogP contribution in [0.1, 0.15) is 156 Å². The summed E-state index contributed by atoms with van der Waals surface area (Å²) in [6.07, 6.45) is 21.1. The molecule has 5 aromatic carbocycles. The fourth-order valence-corrected chi connectivity index (χ4v) is 13.5. The molecule has 0 aromatic heterocycles. The van der Waals surface area contributed by atoms with E-state index in [1.165, 1.54) is 158 Å². The summed E-state index contributed by atoms with van der Waals surface area (Å²) in [7, 11) is 0. The van der Waals surface area contributed by atoms with Crippen LogP contribution < -0.4 is 4.90 Å². The van der Waals surface area contributed by atoms with E-state index in [9.17, 15) is 0 Å². The van der Waals surface area contributed by atoms with Crippen molar-refractivity contribution in [3.05, 3.63) is 137 Å². The summed E-state index contributed by atoms with van der Waals surface area (Å²) >= 11 is 0. The molecule has 1 nitrogen and oxygen atoms in total. The SMILES string of the molecule is CC1(C)c2ccc(-c3ccc(C4CCCCC4)cc3)cc2-c2ccc(N(c3ccc(C4CCCCC4)cc3)c3ccc(C4C5CC6CC(C5)CC4C6)cc3)cc21. The molecule has 0 amide bonds. The van der Waals surface area contributed by atoms with Crippen molar-refractivity contribution in [2.45, 2.75) is 133 Å². The van der Waals surface area contributed by atoms with Crippen LogP contribution >= 0.6 is 0 Å². The van der Waals surface area contributed by atoms with Crippen LogP contribution in [0.3, 0.4) is 0 Å². The Morgan fingerprint density at radius 2 is 0.929 bits per heavy atom. The van der Waals surface area contributed by atoms with Crippen LogP contribution in [0, 0.1) is 23.7 Å². The maximum atomic E-state index is 2.55. The molecule has 0 saturated heterocycles. The zero-order valence-corrected chi connectivity index (χ0v) is 34.0. The molecule has 0 unspecified atom stereocenters. The van der Waals surface area contributed by atoms with Gasteiger partial charge < -0.3 is 4.90 Å². The number of hydrogen-bond donors (Lipinski definition) is 0. The van der Waals surface area contributed by atoms with Crippen molar-refractivity contribution >= 4 is 17.1 Å². The summed E-state index contributed by atoms with van der Waals surface area (Å²) in [6.45, 7) is 4.87. The van der Waals surface area contributed by atoms with Gasteiger partial charge in [-0.2, -0.15) is 0 Å². The highest BCUT2D eigenvalue weighted by Gasteiger charge is 2.48. The van der Waals surface area contributed by atoms with Crippen LogP contribution in [-0.2, 0) is 5.41 Å². The second-order valence-corrected chi connectivity index (χ2v) is 19.9. The quantitative estimate of drug-likeness (QED) is 0.161. The van der Waals surface area contributed by atoms with Gasteiger partial charge in [0.25, 0.3) is 0 Å². The number of benzene rings is 5. The van der Waals surface area contributed by atoms with Crippen molar-refractivity contribution in [1.29, 1.82) is 0 Å². The summed E-state index contributed by atoms with van der Waals surface area (Å²) in [5.41, 5.74) is 16.7. The number of rotatable bonds is 7. The first-order chi connectivity index (χ1) is 27.5. The van der Waals surface area contributed by atoms with Gasteiger partial charge in [0.2, 0.25) is 0 Å². The van der Waals surface area contributed by atoms with E-state index in [0.717, 1.165) is 35.5 Å². The van der Waals surface area contributed by atoms with Gasteiger partial charge in [-0.15, -0.1) is 0 Å². The lowest BCUT2D eigenvalue weighted by molar-refractivity contribution is -0.00277. The number of anilines is 3. The van der Waals surface area contributed by atoms with Crippen LogP contribution in [0.25, 0.3) is 22.3 Å². The highest BCUT2D eigenvalue weighted by molar-refractivity contribution is 5.87. The first-order valence-corrected chi connectivity index (χ1v) is 22.9. The summed E-state index contributed by atoms with van der Waals surface area (Å²) in [5.74, 6) is 6.06. The van der Waals surface area contributed by atoms with Gasteiger partial charge in [-0.25, -0.2) is 0 Å². The normalized spacial score (nSPS) is 26.6. The average molecular weight is 736 g/mol. The fraction of sp³-hybridized carbons (Fsp3) is 0.455. The maximum absolute atomic E-state index is 2.55. The summed E-state index contributed by atoms with van der Waals surface area (Å²) in [4.78, 5) is 2.55. The molecular weight excluding hydrogens is 675 g/mol. The lowest BCUT2D eigenvalue weighted by Crippen LogP contribution is -2.43. The predicted octanol–water partition coefficient (Wildman–Crippen LogP) is 15.8. The molecule has 0 aliphatic heterocycles. The first kappa shape index (κ1) is 35.1. The minimum absolute atomic E-state index is 0.0795. The molecular formula is C55H61N. The molecule has 7 aliphatic rings. The Morgan fingerprint density at radius 3 is 1.50 bits per heavy atom. The molecule has 286 valence electrons. The second kappa shape index (κ2) is 14.1. The molecule has 1 heteroatoms. The van der Waals surface area contributed by atoms with Gasteiger partial charge in [0.15, 0.2) is 0 Å². The predicted molar refractivity (Wildman–Crippen MR) is 236 cm³/mol. The van der Waals surface area contributed by atoms with Gasteiger partial charge in [-0.1, -0.05) is 119 Å². The molecule has 0 atom stereocenters. The zero-order valence-electron chi connectivity index (χ0n) is 34.0. The molecule has 6 fully saturated rings. The molecule has 6 saturated carbocycles. The van der Waals surface area contributed by atoms with Crippen molar-refractivity contribution in [2.75, 3.05) is 4.90 Å². The van der Waals surface area contributed by atoms with E-state index in [-0.39, 0.29) is 5.41 Å². The number of hydrogen-bond acceptors (Lipinski definition) is 1. The number of nitrogens with zero attached hydrogens (tertiary/aromatic N) is 1. The van der Waals surface area contributed by atoms with E-state index in [1.807, 2.05) is 0 Å². The minimum atomic E-state index is -0.0795. The lowest BCUT2D eigenvalue weighted by Gasteiger charge is -2.54. The van der Waals surface area contributed by atoms with Crippen LogP contribution in [0.5, 0.6) is 0 Å². The Labute approximate surface area is 337 Å². The van der Waals surface area contributed by atoms with E-state index in [0.29, 0.717) is 5.92 Å². The smallest absolute Gasteiger partial charge is 0.0465 e. The second-order valence-electron chi connectivity index (χ2n) is 19.9. The largest absolute Gasteiger partial charge is 0.310 e. The third-order valence-electron chi connectivity index (χ3n) is 16.2. The molecule has 5 aromatic rings. The Morgan fingerprint density at radius 1 is 0.429 bits per heavy atom. The standard InChI is InChI=1S/C55H61N/c1-55(2)52-28-21-44(42-15-13-40(14-16-42)38-9-5-3-6-10-38)34-51(52)50-27-26-49(35-53(50)55)56(47-22-17-41(18-23-47)39-11-7-4-8-12-39)48-24-19-43(20-25-48)54-45-30-36-29-37(32-45)33-46(54)31-36/h13-28,34-39,45-46,54H,3-12,29-33H2,1-2H3. The average Bonchev–Trinajstić information content (AvgIpc) is 3.47. The monoisotopic (exact) mass is 735 g/mol. The molecule has 0 N–H and O–H groups in total. The maximum Gasteiger partial charge on any atom is 0.0465 e. The third kappa shape index (κ3) is 6.10. The van der Waals surface area contributed by atoms with Gasteiger partial charge in [-0.05, 0) is 192 Å². The van der Waals surface area contributed by atoms with E-state index in [4.69, 9.17) is 0 Å². The topological polar surface area (TPSA) is 3.24 Å². The van der Waals surface area contributed by atoms with Gasteiger partial charge >= 0.3 is 0 Å². The fourth-order valence-electron chi connectivity index (χ4n) is 13.5. The summed E-state index contributed by atoms with van der Waals surface area (Å²) in [5, 5.41) is 0. The molecule has 4 bridgehead atoms. The van der Waals surface area contributed by atoms with E-state index in [2.05, 4.69) is 128 Å². The Bertz CT molecular complexity index is 2160. The number of fused-ring (bicyclic) bond motifs is 3. The highest BCUT2D eigenvalue weighted by atomic mass is 15.1. The van der Waals surface area contributed by atoms with Crippen molar-refractivity contribution in [1.82, 2.24) is 0 Å². The lowest BCUT2D eigenvalue weighted by atomic mass is 9.51. The van der Waals surface area contributed by atoms with Crippen LogP contribution in [0.2, 0.25) is 0 Å². The highest BCUT2D eigenvalue weighted by Crippen LogP contribution is 2.60. The molecule has 0 heterocycles. The van der Waals surface area contributed by atoms with E-state index >= 15 is 0 Å². The summed E-state index contributed by atoms with van der Waals surface area (Å²) < 4.78 is 0. The molecule has 0 spiro atoms. The van der Waals surface area contributed by atoms with E-state index < -0.39 is 0 Å². The van der Waals surface area contributed by atoms with Crippen LogP contribution in [0.4, 0.5) is 17.1 Å². The molecule has 56 heavy (non-hydrogen) atoms.